The minimum absolute atomic E-state index is 0.0167. The molecule has 0 aliphatic carbocycles. The first-order valence-electron chi connectivity index (χ1n) is 14.0. The fourth-order valence-electron chi connectivity index (χ4n) is 6.19. The van der Waals surface area contributed by atoms with E-state index in [1.54, 1.807) is 0 Å². The van der Waals surface area contributed by atoms with Crippen LogP contribution in [-0.2, 0) is 23.7 Å². The van der Waals surface area contributed by atoms with E-state index in [2.05, 4.69) is 62.3 Å². The number of aliphatic hydroxyl groups excluding tert-OH is 1. The SMILES string of the molecule is CCC1OC(O)C(C)[C@@H](C)[C@H]1O[C@H]1O[C@H](CC)[C@@H](O[C@H]2O[C@H](CC)[C@@H](C)C(C)C2C)C(C)C1C. The summed E-state index contributed by atoms with van der Waals surface area (Å²) < 4.78 is 32.4. The Morgan fingerprint density at radius 3 is 1.41 bits per heavy atom. The molecule has 6 nitrogen and oxygen atoms in total. The van der Waals surface area contributed by atoms with Crippen molar-refractivity contribution in [2.24, 2.45) is 41.4 Å². The van der Waals surface area contributed by atoms with E-state index in [0.717, 1.165) is 19.3 Å². The molecule has 3 fully saturated rings. The third-order valence-electron chi connectivity index (χ3n) is 9.70. The van der Waals surface area contributed by atoms with Crippen molar-refractivity contribution in [3.05, 3.63) is 0 Å². The van der Waals surface area contributed by atoms with Gasteiger partial charge in [-0.05, 0) is 42.9 Å². The smallest absolute Gasteiger partial charge is 0.161 e. The average molecular weight is 485 g/mol. The van der Waals surface area contributed by atoms with E-state index in [1.165, 1.54) is 0 Å². The maximum Gasteiger partial charge on any atom is 0.161 e. The topological polar surface area (TPSA) is 66.4 Å². The highest BCUT2D eigenvalue weighted by Crippen LogP contribution is 2.42. The van der Waals surface area contributed by atoms with Gasteiger partial charge in [-0.3, -0.25) is 0 Å². The second-order valence-corrected chi connectivity index (χ2v) is 11.6. The fourth-order valence-corrected chi connectivity index (χ4v) is 6.19. The van der Waals surface area contributed by atoms with Crippen LogP contribution in [0.5, 0.6) is 0 Å². The molecule has 3 heterocycles. The predicted molar refractivity (Wildman–Crippen MR) is 133 cm³/mol. The summed E-state index contributed by atoms with van der Waals surface area (Å²) in [6.45, 7) is 22.0. The number of hydrogen-bond acceptors (Lipinski definition) is 6. The van der Waals surface area contributed by atoms with Gasteiger partial charge in [-0.2, -0.15) is 0 Å². The van der Waals surface area contributed by atoms with Crippen molar-refractivity contribution in [2.75, 3.05) is 0 Å². The lowest BCUT2D eigenvalue weighted by atomic mass is 9.78. The Kier molecular flexibility index (Phi) is 9.89. The summed E-state index contributed by atoms with van der Waals surface area (Å²) in [4.78, 5) is 0. The zero-order valence-electron chi connectivity index (χ0n) is 23.3. The molecular weight excluding hydrogens is 432 g/mol. The Morgan fingerprint density at radius 2 is 0.912 bits per heavy atom. The molecule has 0 amide bonds. The lowest BCUT2D eigenvalue weighted by molar-refractivity contribution is -0.346. The van der Waals surface area contributed by atoms with Crippen molar-refractivity contribution in [1.29, 1.82) is 0 Å². The summed E-state index contributed by atoms with van der Waals surface area (Å²) in [5.74, 6) is 2.04. The molecule has 0 aromatic carbocycles. The van der Waals surface area contributed by atoms with Gasteiger partial charge in [-0.1, -0.05) is 69.2 Å². The lowest BCUT2D eigenvalue weighted by Gasteiger charge is -2.50. The largest absolute Gasteiger partial charge is 0.368 e. The molecule has 1 N–H and O–H groups in total. The first-order valence-corrected chi connectivity index (χ1v) is 14.0. The lowest BCUT2D eigenvalue weighted by Crippen LogP contribution is -2.57. The highest BCUT2D eigenvalue weighted by atomic mass is 16.7. The monoisotopic (exact) mass is 484 g/mol. The van der Waals surface area contributed by atoms with E-state index in [0.29, 0.717) is 17.8 Å². The molecule has 3 saturated heterocycles. The molecule has 6 heteroatoms. The molecule has 0 saturated carbocycles. The third-order valence-corrected chi connectivity index (χ3v) is 9.70. The highest BCUT2D eigenvalue weighted by Gasteiger charge is 2.49. The second-order valence-electron chi connectivity index (χ2n) is 11.6. The Bertz CT molecular complexity index is 624. The average Bonchev–Trinajstić information content (AvgIpc) is 2.83. The van der Waals surface area contributed by atoms with Crippen LogP contribution >= 0.6 is 0 Å². The van der Waals surface area contributed by atoms with Crippen LogP contribution in [0.15, 0.2) is 0 Å². The first kappa shape index (κ1) is 28.3. The van der Waals surface area contributed by atoms with Crippen molar-refractivity contribution in [3.8, 4) is 0 Å². The zero-order chi connectivity index (χ0) is 25.3. The molecule has 34 heavy (non-hydrogen) atoms. The van der Waals surface area contributed by atoms with Crippen molar-refractivity contribution in [1.82, 2.24) is 0 Å². The number of hydrogen-bond donors (Lipinski definition) is 1. The van der Waals surface area contributed by atoms with Gasteiger partial charge in [0, 0.05) is 17.8 Å². The molecule has 0 aromatic rings. The molecular formula is C28H52O6. The van der Waals surface area contributed by atoms with E-state index in [4.69, 9.17) is 23.7 Å². The van der Waals surface area contributed by atoms with Crippen LogP contribution in [0.4, 0.5) is 0 Å². The summed E-state index contributed by atoms with van der Waals surface area (Å²) in [6.07, 6.45) is 1.31. The summed E-state index contributed by atoms with van der Waals surface area (Å²) in [5, 5.41) is 10.3. The summed E-state index contributed by atoms with van der Waals surface area (Å²) in [5.41, 5.74) is 0. The second kappa shape index (κ2) is 11.9. The maximum absolute atomic E-state index is 10.3. The molecule has 0 aromatic heterocycles. The van der Waals surface area contributed by atoms with Gasteiger partial charge in [0.2, 0.25) is 0 Å². The maximum atomic E-state index is 10.3. The standard InChI is InChI=1S/C28H52O6/c1-11-21-15(5)14(4)19(9)27(31-21)34-25-17(7)20(10)28(32-23(25)13-3)33-24-16(6)18(8)26(29)30-22(24)12-2/h14-29H,11-13H2,1-10H3/t14?,15-,16+,17?,18?,19?,20?,21+,22?,23+,24+,25-,26?,27+,28+/m0/s1. The molecule has 0 radical (unpaired) electrons. The molecule has 3 aliphatic rings. The Labute approximate surface area is 208 Å². The molecule has 7 unspecified atom stereocenters. The molecule has 3 rings (SSSR count). The van der Waals surface area contributed by atoms with Gasteiger partial charge >= 0.3 is 0 Å². The molecule has 200 valence electrons. The number of aliphatic hydroxyl groups is 1. The van der Waals surface area contributed by atoms with Gasteiger partial charge in [0.15, 0.2) is 18.9 Å². The van der Waals surface area contributed by atoms with Crippen molar-refractivity contribution < 1.29 is 28.8 Å². The Balaban J connectivity index is 1.72. The van der Waals surface area contributed by atoms with Gasteiger partial charge < -0.3 is 28.8 Å². The van der Waals surface area contributed by atoms with Gasteiger partial charge in [0.1, 0.15) is 0 Å². The van der Waals surface area contributed by atoms with Gasteiger partial charge in [-0.15, -0.1) is 0 Å². The normalized spacial score (nSPS) is 52.5. The zero-order valence-corrected chi connectivity index (χ0v) is 23.3. The first-order chi connectivity index (χ1) is 16.0. The highest BCUT2D eigenvalue weighted by molar-refractivity contribution is 4.91. The van der Waals surface area contributed by atoms with Gasteiger partial charge in [0.05, 0.1) is 30.5 Å². The van der Waals surface area contributed by atoms with E-state index >= 15 is 0 Å². The van der Waals surface area contributed by atoms with E-state index < -0.39 is 6.29 Å². The van der Waals surface area contributed by atoms with Gasteiger partial charge in [0.25, 0.3) is 0 Å². The minimum Gasteiger partial charge on any atom is -0.368 e. The van der Waals surface area contributed by atoms with Crippen LogP contribution in [0, 0.1) is 41.4 Å². The van der Waals surface area contributed by atoms with Gasteiger partial charge in [-0.25, -0.2) is 0 Å². The minimum atomic E-state index is -0.737. The van der Waals surface area contributed by atoms with Crippen LogP contribution in [0.1, 0.15) is 88.5 Å². The van der Waals surface area contributed by atoms with Crippen LogP contribution in [0.2, 0.25) is 0 Å². The molecule has 0 spiro atoms. The van der Waals surface area contributed by atoms with Crippen LogP contribution in [-0.4, -0.2) is 54.5 Å². The summed E-state index contributed by atoms with van der Waals surface area (Å²) in [7, 11) is 0. The van der Waals surface area contributed by atoms with Crippen LogP contribution in [0.3, 0.4) is 0 Å². The number of ether oxygens (including phenoxy) is 5. The van der Waals surface area contributed by atoms with E-state index in [9.17, 15) is 5.11 Å². The Morgan fingerprint density at radius 1 is 0.500 bits per heavy atom. The summed E-state index contributed by atoms with van der Waals surface area (Å²) >= 11 is 0. The Hall–Kier alpha value is -0.240. The van der Waals surface area contributed by atoms with Crippen LogP contribution < -0.4 is 0 Å². The molecule has 15 atom stereocenters. The molecule has 0 bridgehead atoms. The van der Waals surface area contributed by atoms with E-state index in [-0.39, 0.29) is 66.8 Å². The van der Waals surface area contributed by atoms with Crippen molar-refractivity contribution >= 4 is 0 Å². The molecule has 3 aliphatic heterocycles. The van der Waals surface area contributed by atoms with Crippen molar-refractivity contribution in [3.63, 3.8) is 0 Å². The van der Waals surface area contributed by atoms with Crippen molar-refractivity contribution in [2.45, 2.75) is 138 Å². The predicted octanol–water partition coefficient (Wildman–Crippen LogP) is 5.61. The quantitative estimate of drug-likeness (QED) is 0.507. The third kappa shape index (κ3) is 5.52. The fraction of sp³-hybridized carbons (Fsp3) is 1.00. The number of rotatable bonds is 7. The summed E-state index contributed by atoms with van der Waals surface area (Å²) in [6, 6.07) is 0. The van der Waals surface area contributed by atoms with Crippen LogP contribution in [0.25, 0.3) is 0 Å². The van der Waals surface area contributed by atoms with E-state index in [1.807, 2.05) is 6.92 Å².